The second kappa shape index (κ2) is 7.27. The quantitative estimate of drug-likeness (QED) is 0.521. The maximum absolute atomic E-state index is 13.0. The molecule has 6 nitrogen and oxygen atoms in total. The van der Waals surface area contributed by atoms with Gasteiger partial charge in [0.2, 0.25) is 0 Å². The first-order chi connectivity index (χ1) is 12.9. The Labute approximate surface area is 170 Å². The molecule has 27 heavy (non-hydrogen) atoms. The SMILES string of the molecule is O=C(O)CC1Nc2cccnc2[SH](Cc2nc3ccc(Cl)c(Cl)c3s2)C1=O. The molecule has 0 fully saturated rings. The second-order valence-electron chi connectivity index (χ2n) is 5.91. The van der Waals surface area contributed by atoms with Crippen molar-refractivity contribution in [2.45, 2.75) is 23.2 Å². The van der Waals surface area contributed by atoms with Crippen molar-refractivity contribution in [1.82, 2.24) is 9.97 Å². The standard InChI is InChI=1S/C17H13Cl2N3O3S2/c18-8-3-4-9-15(14(8)19)26-12(22-9)7-27-16-10(2-1-5-20-16)21-11(17(27)25)6-13(23)24/h1-5,11,21,27H,6-7H2,(H,23,24). The summed E-state index contributed by atoms with van der Waals surface area (Å²) in [5.74, 6) is -0.631. The number of pyridine rings is 1. The van der Waals surface area contributed by atoms with Crippen molar-refractivity contribution in [2.75, 3.05) is 5.32 Å². The van der Waals surface area contributed by atoms with Crippen LogP contribution in [0.25, 0.3) is 10.2 Å². The number of carbonyl (C=O) groups excluding carboxylic acids is 1. The number of nitrogens with one attached hydrogen (secondary N) is 1. The highest BCUT2D eigenvalue weighted by Gasteiger charge is 2.35. The molecule has 10 heteroatoms. The highest BCUT2D eigenvalue weighted by molar-refractivity contribution is 8.29. The molecule has 4 rings (SSSR count). The molecule has 0 saturated heterocycles. The predicted octanol–water partition coefficient (Wildman–Crippen LogP) is 4.35. The highest BCUT2D eigenvalue weighted by atomic mass is 35.5. The number of thiol groups is 1. The van der Waals surface area contributed by atoms with E-state index in [1.807, 2.05) is 6.07 Å². The van der Waals surface area contributed by atoms with E-state index in [1.165, 1.54) is 11.3 Å². The Bertz CT molecular complexity index is 1070. The summed E-state index contributed by atoms with van der Waals surface area (Å²) in [7, 11) is -1.35. The van der Waals surface area contributed by atoms with Gasteiger partial charge in [-0.25, -0.2) is 9.97 Å². The van der Waals surface area contributed by atoms with Crippen LogP contribution in [0.5, 0.6) is 0 Å². The Morgan fingerprint density at radius 1 is 1.33 bits per heavy atom. The van der Waals surface area contributed by atoms with Gasteiger partial charge in [0, 0.05) is 11.9 Å². The lowest BCUT2D eigenvalue weighted by atomic mass is 10.2. The molecular formula is C17H13Cl2N3O3S2. The molecule has 1 aliphatic rings. The Hall–Kier alpha value is -1.87. The van der Waals surface area contributed by atoms with E-state index in [4.69, 9.17) is 28.3 Å². The average Bonchev–Trinajstić information content (AvgIpc) is 3.05. The van der Waals surface area contributed by atoms with E-state index in [0.29, 0.717) is 26.5 Å². The van der Waals surface area contributed by atoms with Crippen molar-refractivity contribution < 1.29 is 14.7 Å². The first-order valence-electron chi connectivity index (χ1n) is 7.92. The summed E-state index contributed by atoms with van der Waals surface area (Å²) < 4.78 is 0.778. The lowest BCUT2D eigenvalue weighted by molar-refractivity contribution is -0.138. The van der Waals surface area contributed by atoms with Crippen molar-refractivity contribution in [3.8, 4) is 0 Å². The molecule has 1 aromatic carbocycles. The first-order valence-corrected chi connectivity index (χ1v) is 11.0. The minimum absolute atomic E-state index is 0.137. The summed E-state index contributed by atoms with van der Waals surface area (Å²) in [6.45, 7) is 0. The van der Waals surface area contributed by atoms with Gasteiger partial charge < -0.3 is 10.4 Å². The number of thiazole rings is 1. The van der Waals surface area contributed by atoms with Crippen LogP contribution in [0.3, 0.4) is 0 Å². The third kappa shape index (κ3) is 3.50. The summed E-state index contributed by atoms with van der Waals surface area (Å²) in [5, 5.41) is 14.3. The monoisotopic (exact) mass is 441 g/mol. The molecule has 2 unspecified atom stereocenters. The van der Waals surface area contributed by atoms with Crippen LogP contribution in [0.15, 0.2) is 35.5 Å². The number of nitrogens with zero attached hydrogens (tertiary/aromatic N) is 2. The second-order valence-corrected chi connectivity index (χ2v) is 9.82. The van der Waals surface area contributed by atoms with Crippen LogP contribution in [-0.4, -0.2) is 32.2 Å². The molecule has 0 radical (unpaired) electrons. The number of aliphatic carboxylic acids is 1. The van der Waals surface area contributed by atoms with Crippen LogP contribution in [0.1, 0.15) is 11.4 Å². The summed E-state index contributed by atoms with van der Waals surface area (Å²) in [5.41, 5.74) is 1.43. The molecule has 2 atom stereocenters. The minimum Gasteiger partial charge on any atom is -0.481 e. The normalized spacial score (nSPS) is 20.3. The average molecular weight is 442 g/mol. The van der Waals surface area contributed by atoms with Crippen LogP contribution in [0, 0.1) is 0 Å². The Balaban J connectivity index is 1.72. The van der Waals surface area contributed by atoms with E-state index in [2.05, 4.69) is 15.3 Å². The number of rotatable bonds is 4. The van der Waals surface area contributed by atoms with Gasteiger partial charge in [0.25, 0.3) is 0 Å². The molecule has 0 aliphatic carbocycles. The Kier molecular flexibility index (Phi) is 4.98. The Morgan fingerprint density at radius 2 is 2.15 bits per heavy atom. The number of anilines is 1. The van der Waals surface area contributed by atoms with Crippen molar-refractivity contribution >= 4 is 72.4 Å². The zero-order chi connectivity index (χ0) is 19.1. The van der Waals surface area contributed by atoms with Gasteiger partial charge in [0.05, 0.1) is 32.4 Å². The fraction of sp³-hybridized carbons (Fsp3) is 0.176. The molecule has 2 N–H and O–H groups in total. The van der Waals surface area contributed by atoms with Gasteiger partial charge >= 0.3 is 5.97 Å². The smallest absolute Gasteiger partial charge is 0.305 e. The number of benzene rings is 1. The van der Waals surface area contributed by atoms with Crippen molar-refractivity contribution in [3.05, 3.63) is 45.5 Å². The molecule has 140 valence electrons. The minimum atomic E-state index is -1.35. The van der Waals surface area contributed by atoms with Crippen LogP contribution in [0.4, 0.5) is 5.69 Å². The van der Waals surface area contributed by atoms with Gasteiger partial charge in [-0.3, -0.25) is 9.59 Å². The van der Waals surface area contributed by atoms with Crippen LogP contribution in [-0.2, 0) is 15.3 Å². The topological polar surface area (TPSA) is 92.2 Å². The van der Waals surface area contributed by atoms with Gasteiger partial charge in [-0.15, -0.1) is 22.2 Å². The van der Waals surface area contributed by atoms with Gasteiger partial charge in [-0.1, -0.05) is 23.2 Å². The third-order valence-corrected chi connectivity index (χ3v) is 8.65. The van der Waals surface area contributed by atoms with E-state index >= 15 is 0 Å². The number of carboxylic acids is 1. The number of fused-ring (bicyclic) bond motifs is 2. The number of halogens is 2. The molecule has 3 aromatic rings. The van der Waals surface area contributed by atoms with Crippen LogP contribution in [0.2, 0.25) is 10.0 Å². The molecule has 2 aromatic heterocycles. The van der Waals surface area contributed by atoms with Gasteiger partial charge in [0.1, 0.15) is 16.1 Å². The fourth-order valence-corrected chi connectivity index (χ4v) is 6.87. The number of carbonyl (C=O) groups is 2. The van der Waals surface area contributed by atoms with E-state index in [0.717, 1.165) is 15.2 Å². The lowest BCUT2D eigenvalue weighted by Gasteiger charge is -2.32. The van der Waals surface area contributed by atoms with E-state index in [-0.39, 0.29) is 11.5 Å². The van der Waals surface area contributed by atoms with E-state index in [1.54, 1.807) is 24.4 Å². The number of hydrogen-bond acceptors (Lipinski definition) is 6. The number of hydrogen-bond donors (Lipinski definition) is 3. The van der Waals surface area contributed by atoms with Crippen molar-refractivity contribution in [1.29, 1.82) is 0 Å². The number of aromatic nitrogens is 2. The van der Waals surface area contributed by atoms with Gasteiger partial charge in [-0.05, 0) is 24.3 Å². The summed E-state index contributed by atoms with van der Waals surface area (Å²) in [6.07, 6.45) is 1.36. The van der Waals surface area contributed by atoms with E-state index in [9.17, 15) is 9.59 Å². The molecular weight excluding hydrogens is 429 g/mol. The van der Waals surface area contributed by atoms with E-state index < -0.39 is 22.9 Å². The predicted molar refractivity (Wildman–Crippen MR) is 110 cm³/mol. The highest BCUT2D eigenvalue weighted by Crippen LogP contribution is 2.49. The number of carboxylic acid groups (broad SMARTS) is 1. The molecule has 0 bridgehead atoms. The first kappa shape index (κ1) is 18.5. The van der Waals surface area contributed by atoms with Crippen molar-refractivity contribution in [2.24, 2.45) is 0 Å². The maximum Gasteiger partial charge on any atom is 0.305 e. The molecule has 0 spiro atoms. The summed E-state index contributed by atoms with van der Waals surface area (Å²) in [6, 6.07) is 6.29. The third-order valence-electron chi connectivity index (χ3n) is 4.10. The lowest BCUT2D eigenvalue weighted by Crippen LogP contribution is -2.36. The molecule has 0 amide bonds. The molecule has 1 aliphatic heterocycles. The molecule has 3 heterocycles. The zero-order valence-electron chi connectivity index (χ0n) is 13.6. The van der Waals surface area contributed by atoms with Crippen molar-refractivity contribution in [3.63, 3.8) is 0 Å². The van der Waals surface area contributed by atoms with Gasteiger partial charge in [0.15, 0.2) is 5.12 Å². The Morgan fingerprint density at radius 3 is 2.93 bits per heavy atom. The fourth-order valence-electron chi connectivity index (χ4n) is 2.92. The molecule has 0 saturated carbocycles. The zero-order valence-corrected chi connectivity index (χ0v) is 16.9. The summed E-state index contributed by atoms with van der Waals surface area (Å²) in [4.78, 5) is 33.0. The van der Waals surface area contributed by atoms with Gasteiger partial charge in [-0.2, -0.15) is 0 Å². The summed E-state index contributed by atoms with van der Waals surface area (Å²) >= 11 is 13.7. The maximum atomic E-state index is 13.0. The largest absolute Gasteiger partial charge is 0.481 e. The van der Waals surface area contributed by atoms with Crippen LogP contribution < -0.4 is 5.32 Å². The van der Waals surface area contributed by atoms with Crippen LogP contribution >= 0.6 is 45.4 Å².